The summed E-state index contributed by atoms with van der Waals surface area (Å²) in [5.74, 6) is 0.0582. The number of nitrogens with one attached hydrogen (secondary N) is 1. The van der Waals surface area contributed by atoms with Gasteiger partial charge in [-0.15, -0.1) is 0 Å². The van der Waals surface area contributed by atoms with Gasteiger partial charge in [-0.05, 0) is 81.5 Å². The molecule has 3 N–H and O–H groups in total. The van der Waals surface area contributed by atoms with E-state index in [0.717, 1.165) is 26.6 Å². The van der Waals surface area contributed by atoms with Gasteiger partial charge in [0.15, 0.2) is 0 Å². The molecule has 1 aromatic carbocycles. The Morgan fingerprint density at radius 2 is 2.22 bits per heavy atom. The van der Waals surface area contributed by atoms with E-state index in [4.69, 9.17) is 5.73 Å². The van der Waals surface area contributed by atoms with Gasteiger partial charge in [0, 0.05) is 14.5 Å². The first-order valence-corrected chi connectivity index (χ1v) is 7.87. The average Bonchev–Trinajstić information content (AvgIpc) is 2.28. The van der Waals surface area contributed by atoms with Gasteiger partial charge in [0.05, 0.1) is 5.69 Å². The van der Waals surface area contributed by atoms with Crippen molar-refractivity contribution in [2.24, 2.45) is 11.1 Å². The lowest BCUT2D eigenvalue weighted by Gasteiger charge is -2.40. The number of carbonyl (C=O) groups excluding carboxylic acids is 1. The summed E-state index contributed by atoms with van der Waals surface area (Å²) in [6.45, 7) is 0.605. The van der Waals surface area contributed by atoms with Crippen LogP contribution in [0.3, 0.4) is 0 Å². The molecule has 1 fully saturated rings. The largest absolute Gasteiger partial charge is 0.330 e. The predicted octanol–water partition coefficient (Wildman–Crippen LogP) is 3.51. The van der Waals surface area contributed by atoms with E-state index in [9.17, 15) is 4.79 Å². The summed E-state index contributed by atoms with van der Waals surface area (Å²) in [6, 6.07) is 5.89. The molecule has 2 rings (SSSR count). The van der Waals surface area contributed by atoms with Gasteiger partial charge in [-0.1, -0.05) is 6.42 Å². The molecule has 0 aliphatic heterocycles. The Balaban J connectivity index is 2.00. The first-order valence-electron chi connectivity index (χ1n) is 6.00. The van der Waals surface area contributed by atoms with Crippen molar-refractivity contribution in [2.45, 2.75) is 25.7 Å². The molecule has 18 heavy (non-hydrogen) atoms. The first kappa shape index (κ1) is 14.3. The van der Waals surface area contributed by atoms with Crippen LogP contribution in [-0.2, 0) is 4.79 Å². The summed E-state index contributed by atoms with van der Waals surface area (Å²) in [5, 5.41) is 2.96. The number of amides is 1. The maximum Gasteiger partial charge on any atom is 0.225 e. The lowest BCUT2D eigenvalue weighted by atomic mass is 9.66. The van der Waals surface area contributed by atoms with Crippen molar-refractivity contribution in [3.05, 3.63) is 26.2 Å². The van der Waals surface area contributed by atoms with Crippen LogP contribution in [0, 0.1) is 8.99 Å². The van der Waals surface area contributed by atoms with Crippen LogP contribution < -0.4 is 11.1 Å². The topological polar surface area (TPSA) is 55.1 Å². The van der Waals surface area contributed by atoms with Crippen LogP contribution in [0.5, 0.6) is 0 Å². The summed E-state index contributed by atoms with van der Waals surface area (Å²) < 4.78 is 2.01. The maximum absolute atomic E-state index is 12.1. The van der Waals surface area contributed by atoms with Gasteiger partial charge in [-0.2, -0.15) is 0 Å². The molecule has 0 bridgehead atoms. The molecule has 0 radical (unpaired) electrons. The normalized spacial score (nSPS) is 17.1. The second kappa shape index (κ2) is 5.88. The molecule has 3 nitrogen and oxygen atoms in total. The Morgan fingerprint density at radius 3 is 2.78 bits per heavy atom. The lowest BCUT2D eigenvalue weighted by molar-refractivity contribution is -0.119. The Hall–Kier alpha value is -0.140. The van der Waals surface area contributed by atoms with Gasteiger partial charge in [-0.3, -0.25) is 4.79 Å². The second-order valence-corrected chi connectivity index (χ2v) is 7.01. The average molecular weight is 423 g/mol. The molecule has 1 aliphatic carbocycles. The minimum absolute atomic E-state index is 0.0541. The zero-order valence-electron chi connectivity index (χ0n) is 10.0. The second-order valence-electron chi connectivity index (χ2n) is 4.91. The fraction of sp³-hybridized carbons (Fsp3) is 0.462. The molecule has 1 aromatic rings. The fourth-order valence-corrected chi connectivity index (χ4v) is 3.10. The number of carbonyl (C=O) groups is 1. The van der Waals surface area contributed by atoms with Crippen LogP contribution in [0.2, 0.25) is 0 Å². The summed E-state index contributed by atoms with van der Waals surface area (Å²) >= 11 is 5.67. The highest BCUT2D eigenvalue weighted by Crippen LogP contribution is 2.43. The number of nitrogens with two attached hydrogens (primary N) is 1. The Labute approximate surface area is 129 Å². The van der Waals surface area contributed by atoms with Gasteiger partial charge >= 0.3 is 0 Å². The SMILES string of the molecule is NCC1(CC(=O)Nc2cc(I)ccc2Br)CCC1. The third-order valence-corrected chi connectivity index (χ3v) is 4.95. The van der Waals surface area contributed by atoms with Crippen molar-refractivity contribution < 1.29 is 4.79 Å². The standard InChI is InChI=1S/C13H16BrIN2O/c14-10-3-2-9(15)6-11(10)17-12(18)7-13(8-16)4-1-5-13/h2-3,6H,1,4-5,7-8,16H2,(H,17,18). The van der Waals surface area contributed by atoms with Gasteiger partial charge in [0.25, 0.3) is 0 Å². The highest BCUT2D eigenvalue weighted by Gasteiger charge is 2.37. The molecule has 0 unspecified atom stereocenters. The quantitative estimate of drug-likeness (QED) is 0.729. The van der Waals surface area contributed by atoms with E-state index in [2.05, 4.69) is 43.8 Å². The van der Waals surface area contributed by atoms with E-state index in [1.54, 1.807) is 0 Å². The van der Waals surface area contributed by atoms with Crippen molar-refractivity contribution >= 4 is 50.1 Å². The molecule has 5 heteroatoms. The molecule has 0 spiro atoms. The third-order valence-electron chi connectivity index (χ3n) is 3.59. The van der Waals surface area contributed by atoms with Crippen LogP contribution in [0.25, 0.3) is 0 Å². The Morgan fingerprint density at radius 1 is 1.50 bits per heavy atom. The van der Waals surface area contributed by atoms with E-state index in [1.807, 2.05) is 18.2 Å². The number of benzene rings is 1. The highest BCUT2D eigenvalue weighted by atomic mass is 127. The number of halogens is 2. The first-order chi connectivity index (χ1) is 8.54. The Bertz CT molecular complexity index is 455. The van der Waals surface area contributed by atoms with Crippen molar-refractivity contribution in [1.82, 2.24) is 0 Å². The molecular formula is C13H16BrIN2O. The number of anilines is 1. The van der Waals surface area contributed by atoms with Gasteiger partial charge in [-0.25, -0.2) is 0 Å². The highest BCUT2D eigenvalue weighted by molar-refractivity contribution is 14.1. The Kier molecular flexibility index (Phi) is 4.66. The van der Waals surface area contributed by atoms with E-state index in [-0.39, 0.29) is 11.3 Å². The molecule has 1 aliphatic rings. The minimum atomic E-state index is 0.0541. The van der Waals surface area contributed by atoms with Crippen LogP contribution in [0.4, 0.5) is 5.69 Å². The molecule has 1 amide bonds. The molecule has 0 saturated heterocycles. The van der Waals surface area contributed by atoms with Crippen LogP contribution in [0.15, 0.2) is 22.7 Å². The third kappa shape index (κ3) is 3.24. The number of hydrogen-bond donors (Lipinski definition) is 2. The lowest BCUT2D eigenvalue weighted by Crippen LogP contribution is -2.40. The van der Waals surface area contributed by atoms with Crippen molar-refractivity contribution in [3.63, 3.8) is 0 Å². The van der Waals surface area contributed by atoms with E-state index in [1.165, 1.54) is 6.42 Å². The van der Waals surface area contributed by atoms with Crippen LogP contribution in [0.1, 0.15) is 25.7 Å². The van der Waals surface area contributed by atoms with E-state index < -0.39 is 0 Å². The van der Waals surface area contributed by atoms with E-state index >= 15 is 0 Å². The van der Waals surface area contributed by atoms with E-state index in [0.29, 0.717) is 13.0 Å². The monoisotopic (exact) mass is 422 g/mol. The molecule has 1 saturated carbocycles. The van der Waals surface area contributed by atoms with Crippen LogP contribution >= 0.6 is 38.5 Å². The molecule has 0 heterocycles. The van der Waals surface area contributed by atoms with Gasteiger partial charge in [0.2, 0.25) is 5.91 Å². The van der Waals surface area contributed by atoms with Gasteiger partial charge < -0.3 is 11.1 Å². The van der Waals surface area contributed by atoms with Crippen molar-refractivity contribution in [3.8, 4) is 0 Å². The van der Waals surface area contributed by atoms with Crippen molar-refractivity contribution in [2.75, 3.05) is 11.9 Å². The molecule has 0 aromatic heterocycles. The number of hydrogen-bond acceptors (Lipinski definition) is 2. The smallest absolute Gasteiger partial charge is 0.225 e. The summed E-state index contributed by atoms with van der Waals surface area (Å²) in [5.41, 5.74) is 6.66. The molecular weight excluding hydrogens is 407 g/mol. The molecule has 98 valence electrons. The summed E-state index contributed by atoms with van der Waals surface area (Å²) in [7, 11) is 0. The number of rotatable bonds is 4. The van der Waals surface area contributed by atoms with Crippen molar-refractivity contribution in [1.29, 1.82) is 0 Å². The zero-order valence-corrected chi connectivity index (χ0v) is 13.8. The minimum Gasteiger partial charge on any atom is -0.330 e. The van der Waals surface area contributed by atoms with Gasteiger partial charge in [0.1, 0.15) is 0 Å². The fourth-order valence-electron chi connectivity index (χ4n) is 2.26. The predicted molar refractivity (Wildman–Crippen MR) is 85.4 cm³/mol. The maximum atomic E-state index is 12.1. The summed E-state index contributed by atoms with van der Waals surface area (Å²) in [6.07, 6.45) is 3.87. The zero-order chi connectivity index (χ0) is 13.2. The molecule has 0 atom stereocenters. The summed E-state index contributed by atoms with van der Waals surface area (Å²) in [4.78, 5) is 12.1. The van der Waals surface area contributed by atoms with Crippen LogP contribution in [-0.4, -0.2) is 12.5 Å².